The average Bonchev–Trinajstić information content (AvgIpc) is 3.27. The quantitative estimate of drug-likeness (QED) is 0.371. The summed E-state index contributed by atoms with van der Waals surface area (Å²) in [6.45, 7) is -0.403. The van der Waals surface area contributed by atoms with Gasteiger partial charge in [-0.05, 0) is 46.3 Å². The number of carbonyl (C=O) groups is 3. The van der Waals surface area contributed by atoms with E-state index in [-0.39, 0.29) is 30.4 Å². The highest BCUT2D eigenvalue weighted by atomic mass is 79.9. The summed E-state index contributed by atoms with van der Waals surface area (Å²) in [7, 11) is 1.21. The van der Waals surface area contributed by atoms with E-state index in [4.69, 9.17) is 26.0 Å². The first-order valence-corrected chi connectivity index (χ1v) is 9.51. The Hall–Kier alpha value is -3.29. The summed E-state index contributed by atoms with van der Waals surface area (Å²) >= 11 is 9.37. The first-order chi connectivity index (χ1) is 14.3. The lowest BCUT2D eigenvalue weighted by Crippen LogP contribution is -2.30. The zero-order chi connectivity index (χ0) is 21.8. The molecule has 1 aromatic heterocycles. The first-order valence-electron chi connectivity index (χ1n) is 8.34. The van der Waals surface area contributed by atoms with Gasteiger partial charge in [-0.3, -0.25) is 9.69 Å². The number of rotatable bonds is 6. The Morgan fingerprint density at radius 1 is 1.40 bits per heavy atom. The Balaban J connectivity index is 1.86. The predicted molar refractivity (Wildman–Crippen MR) is 107 cm³/mol. The number of amides is 3. The van der Waals surface area contributed by atoms with Crippen LogP contribution in [-0.4, -0.2) is 36.5 Å². The Bertz CT molecular complexity index is 1100. The fraction of sp³-hybridized carbons (Fsp3) is 0.158. The first kappa shape index (κ1) is 21.4. The zero-order valence-electron chi connectivity index (χ0n) is 15.4. The lowest BCUT2D eigenvalue weighted by Gasteiger charge is -2.10. The van der Waals surface area contributed by atoms with Crippen molar-refractivity contribution in [3.05, 3.63) is 56.5 Å². The number of urea groups is 1. The van der Waals surface area contributed by atoms with Gasteiger partial charge in [0.25, 0.3) is 5.91 Å². The van der Waals surface area contributed by atoms with Gasteiger partial charge in [-0.25, -0.2) is 9.59 Å². The van der Waals surface area contributed by atoms with Crippen LogP contribution in [0.15, 0.2) is 38.9 Å². The summed E-state index contributed by atoms with van der Waals surface area (Å²) in [5.41, 5.74) is 0.372. The van der Waals surface area contributed by atoms with Crippen LogP contribution in [0.1, 0.15) is 21.9 Å². The molecule has 154 valence electrons. The van der Waals surface area contributed by atoms with Crippen molar-refractivity contribution in [3.63, 3.8) is 0 Å². The van der Waals surface area contributed by atoms with Gasteiger partial charge < -0.3 is 19.2 Å². The Kier molecular flexibility index (Phi) is 6.44. The number of esters is 1. The van der Waals surface area contributed by atoms with E-state index < -0.39 is 17.9 Å². The summed E-state index contributed by atoms with van der Waals surface area (Å²) in [6, 6.07) is 7.16. The fourth-order valence-corrected chi connectivity index (χ4v) is 3.59. The van der Waals surface area contributed by atoms with E-state index in [2.05, 4.69) is 26.0 Å². The van der Waals surface area contributed by atoms with Crippen molar-refractivity contribution in [1.29, 1.82) is 5.26 Å². The molecule has 1 aliphatic heterocycles. The molecule has 0 unspecified atom stereocenters. The number of hydrogen-bond acceptors (Lipinski definition) is 7. The Morgan fingerprint density at radius 3 is 2.87 bits per heavy atom. The maximum Gasteiger partial charge on any atom is 0.373 e. The topological polar surface area (TPSA) is 122 Å². The molecule has 0 bridgehead atoms. The third kappa shape index (κ3) is 4.48. The number of halogens is 2. The van der Waals surface area contributed by atoms with Crippen molar-refractivity contribution in [2.24, 2.45) is 0 Å². The second-order valence-electron chi connectivity index (χ2n) is 5.89. The van der Waals surface area contributed by atoms with Crippen LogP contribution >= 0.6 is 27.5 Å². The number of imide groups is 1. The lowest BCUT2D eigenvalue weighted by atomic mass is 10.1. The van der Waals surface area contributed by atoms with Crippen molar-refractivity contribution in [1.82, 2.24) is 10.2 Å². The van der Waals surface area contributed by atoms with Crippen molar-refractivity contribution >= 4 is 51.5 Å². The standard InChI is InChI=1S/C19H13BrClN3O6/c1-28-18(26)15-3-2-12(30-15)9-24-17(25)14(23-19(24)27)7-10-6-11(21)8-13(20)16(10)29-5-4-22/h2-3,6-8H,5,9H2,1H3,(H,23,27)/b14-7-. The van der Waals surface area contributed by atoms with E-state index in [9.17, 15) is 14.4 Å². The molecule has 1 aromatic carbocycles. The molecule has 9 nitrogen and oxygen atoms in total. The normalized spacial score (nSPS) is 14.6. The number of furan rings is 1. The molecule has 0 radical (unpaired) electrons. The highest BCUT2D eigenvalue weighted by molar-refractivity contribution is 9.10. The number of benzene rings is 1. The van der Waals surface area contributed by atoms with Crippen LogP contribution in [0.25, 0.3) is 6.08 Å². The monoisotopic (exact) mass is 493 g/mol. The molecule has 0 spiro atoms. The van der Waals surface area contributed by atoms with Gasteiger partial charge in [-0.1, -0.05) is 11.6 Å². The fourth-order valence-electron chi connectivity index (χ4n) is 2.64. The van der Waals surface area contributed by atoms with Crippen LogP contribution in [0.5, 0.6) is 5.75 Å². The highest BCUT2D eigenvalue weighted by Gasteiger charge is 2.34. The number of ether oxygens (including phenoxy) is 2. The number of methoxy groups -OCH3 is 1. The van der Waals surface area contributed by atoms with E-state index in [0.29, 0.717) is 20.8 Å². The van der Waals surface area contributed by atoms with Gasteiger partial charge in [0, 0.05) is 10.6 Å². The summed E-state index contributed by atoms with van der Waals surface area (Å²) < 4.78 is 15.7. The van der Waals surface area contributed by atoms with Gasteiger partial charge in [-0.15, -0.1) is 0 Å². The molecule has 30 heavy (non-hydrogen) atoms. The smallest absolute Gasteiger partial charge is 0.373 e. The highest BCUT2D eigenvalue weighted by Crippen LogP contribution is 2.34. The molecule has 3 amide bonds. The van der Waals surface area contributed by atoms with Crippen molar-refractivity contribution in [3.8, 4) is 11.8 Å². The van der Waals surface area contributed by atoms with Gasteiger partial charge in [0.2, 0.25) is 5.76 Å². The predicted octanol–water partition coefficient (Wildman–Crippen LogP) is 3.48. The Morgan fingerprint density at radius 2 is 2.17 bits per heavy atom. The van der Waals surface area contributed by atoms with Crippen LogP contribution < -0.4 is 10.1 Å². The van der Waals surface area contributed by atoms with E-state index in [0.717, 1.165) is 4.90 Å². The number of nitriles is 1. The maximum atomic E-state index is 12.7. The lowest BCUT2D eigenvalue weighted by molar-refractivity contribution is -0.123. The molecule has 0 atom stereocenters. The molecule has 1 fully saturated rings. The Labute approximate surface area is 183 Å². The molecule has 1 N–H and O–H groups in total. The second kappa shape index (κ2) is 9.02. The minimum absolute atomic E-state index is 0.0179. The maximum absolute atomic E-state index is 12.7. The molecule has 11 heteroatoms. The molecule has 0 aliphatic carbocycles. The third-order valence-corrected chi connectivity index (χ3v) is 4.75. The van der Waals surface area contributed by atoms with E-state index in [1.165, 1.54) is 31.4 Å². The van der Waals surface area contributed by atoms with Crippen LogP contribution in [0.4, 0.5) is 4.79 Å². The minimum Gasteiger partial charge on any atom is -0.477 e. The van der Waals surface area contributed by atoms with E-state index in [1.54, 1.807) is 6.07 Å². The van der Waals surface area contributed by atoms with Gasteiger partial charge in [-0.2, -0.15) is 5.26 Å². The van der Waals surface area contributed by atoms with Crippen LogP contribution in [-0.2, 0) is 16.1 Å². The van der Waals surface area contributed by atoms with Crippen LogP contribution in [0, 0.1) is 11.3 Å². The van der Waals surface area contributed by atoms with E-state index in [1.807, 2.05) is 6.07 Å². The number of carbonyl (C=O) groups excluding carboxylic acids is 3. The minimum atomic E-state index is -0.671. The summed E-state index contributed by atoms with van der Waals surface area (Å²) in [5, 5.41) is 11.6. The molecule has 3 rings (SSSR count). The van der Waals surface area contributed by atoms with Crippen molar-refractivity contribution < 1.29 is 28.3 Å². The van der Waals surface area contributed by atoms with Gasteiger partial charge in [0.05, 0.1) is 18.1 Å². The van der Waals surface area contributed by atoms with Crippen molar-refractivity contribution in [2.75, 3.05) is 13.7 Å². The number of nitrogens with zero attached hydrogens (tertiary/aromatic N) is 2. The molecular weight excluding hydrogens is 482 g/mol. The second-order valence-corrected chi connectivity index (χ2v) is 7.18. The summed E-state index contributed by atoms with van der Waals surface area (Å²) in [4.78, 5) is 37.4. The third-order valence-electron chi connectivity index (χ3n) is 3.94. The number of hydrogen-bond donors (Lipinski definition) is 1. The molecule has 0 saturated carbocycles. The zero-order valence-corrected chi connectivity index (χ0v) is 17.7. The summed E-state index contributed by atoms with van der Waals surface area (Å²) in [6.07, 6.45) is 1.39. The average molecular weight is 495 g/mol. The van der Waals surface area contributed by atoms with Gasteiger partial charge in [0.15, 0.2) is 6.61 Å². The molecule has 1 saturated heterocycles. The molecule has 2 heterocycles. The van der Waals surface area contributed by atoms with E-state index >= 15 is 0 Å². The summed E-state index contributed by atoms with van der Waals surface area (Å²) in [5.74, 6) is -0.807. The molecule has 2 aromatic rings. The van der Waals surface area contributed by atoms with Crippen molar-refractivity contribution in [2.45, 2.75) is 6.54 Å². The largest absolute Gasteiger partial charge is 0.477 e. The number of nitrogens with one attached hydrogen (secondary N) is 1. The van der Waals surface area contributed by atoms with Crippen LogP contribution in [0.2, 0.25) is 5.02 Å². The SMILES string of the molecule is COC(=O)c1ccc(CN2C(=O)N/C(=C\c3cc(Cl)cc(Br)c3OCC#N)C2=O)o1. The van der Waals surface area contributed by atoms with Gasteiger partial charge in [0.1, 0.15) is 23.3 Å². The molecular formula is C19H13BrClN3O6. The van der Waals surface area contributed by atoms with Gasteiger partial charge >= 0.3 is 12.0 Å². The van der Waals surface area contributed by atoms with Crippen LogP contribution in [0.3, 0.4) is 0 Å². The molecule has 1 aliphatic rings.